The van der Waals surface area contributed by atoms with Gasteiger partial charge in [-0.2, -0.15) is 0 Å². The standard InChI is InChI=1S/C7H7ClFNO2S.C6H5ClFN.CH2Cl2.CH3ClO2S.CH4/c1-13(11,12)10-5-2-3-6(8)7(9)4-5;7-5-2-1-4(9)3-6(5)8;2-1-3;1-5(2,3)4;/h2-4,10H,1H3;1-3H,9H2;1H2;1H3;1H4. The molecule has 3 N–H and O–H groups in total. The first kappa shape index (κ1) is 34.9. The molecule has 2 rings (SSSR count). The van der Waals surface area contributed by atoms with Gasteiger partial charge in [0.05, 0.1) is 33.6 Å². The Balaban J connectivity index is -0.000000380. The van der Waals surface area contributed by atoms with Crippen molar-refractivity contribution in [3.05, 3.63) is 58.1 Å². The monoisotopic (exact) mass is 582 g/mol. The van der Waals surface area contributed by atoms with E-state index in [0.29, 0.717) is 5.69 Å². The maximum absolute atomic E-state index is 12.8. The van der Waals surface area contributed by atoms with E-state index in [2.05, 4.69) is 15.4 Å². The summed E-state index contributed by atoms with van der Waals surface area (Å²) in [5, 5.41) is 0.253. The summed E-state index contributed by atoms with van der Waals surface area (Å²) in [5.41, 5.74) is 5.77. The van der Waals surface area contributed by atoms with Crippen LogP contribution in [0.1, 0.15) is 7.43 Å². The van der Waals surface area contributed by atoms with Crippen LogP contribution < -0.4 is 10.5 Å². The van der Waals surface area contributed by atoms with Crippen molar-refractivity contribution in [2.75, 3.05) is 28.3 Å². The Morgan fingerprint density at radius 2 is 1.26 bits per heavy atom. The summed E-state index contributed by atoms with van der Waals surface area (Å²) in [6.07, 6.45) is 1.91. The maximum atomic E-state index is 12.8. The topological polar surface area (TPSA) is 106 Å². The summed E-state index contributed by atoms with van der Waals surface area (Å²) in [5.74, 6) is -1.13. The van der Waals surface area contributed by atoms with Crippen LogP contribution in [0.2, 0.25) is 10.0 Å². The molecule has 0 saturated heterocycles. The van der Waals surface area contributed by atoms with Gasteiger partial charge in [0, 0.05) is 16.4 Å². The zero-order valence-corrected chi connectivity index (χ0v) is 20.8. The lowest BCUT2D eigenvalue weighted by Gasteiger charge is -2.03. The number of nitrogen functional groups attached to an aromatic ring is 1. The molecule has 0 bridgehead atoms. The van der Waals surface area contributed by atoms with E-state index in [1.807, 2.05) is 0 Å². The fourth-order valence-corrected chi connectivity index (χ4v) is 2.08. The van der Waals surface area contributed by atoms with Gasteiger partial charge in [-0.05, 0) is 36.4 Å². The molecule has 0 unspecified atom stereocenters. The van der Waals surface area contributed by atoms with Crippen molar-refractivity contribution in [2.45, 2.75) is 7.43 Å². The largest absolute Gasteiger partial charge is 0.399 e. The summed E-state index contributed by atoms with van der Waals surface area (Å²) in [6, 6.07) is 7.83. The number of halogens is 7. The van der Waals surface area contributed by atoms with Crippen molar-refractivity contribution in [1.82, 2.24) is 0 Å². The zero-order valence-electron chi connectivity index (χ0n) is 15.3. The predicted octanol–water partition coefficient (Wildman–Crippen LogP) is 6.15. The summed E-state index contributed by atoms with van der Waals surface area (Å²) in [4.78, 5) is 0. The molecule has 0 aliphatic heterocycles. The number of nitrogens with one attached hydrogen (secondary N) is 1. The molecular formula is C16H21Cl5F2N2O4S2. The van der Waals surface area contributed by atoms with Crippen molar-refractivity contribution in [3.63, 3.8) is 0 Å². The minimum Gasteiger partial charge on any atom is -0.399 e. The number of hydrogen-bond donors (Lipinski definition) is 2. The van der Waals surface area contributed by atoms with Gasteiger partial charge in [-0.3, -0.25) is 4.72 Å². The molecule has 2 aromatic rings. The molecule has 0 aliphatic rings. The highest BCUT2D eigenvalue weighted by molar-refractivity contribution is 8.13. The number of rotatable bonds is 2. The molecule has 0 heterocycles. The van der Waals surface area contributed by atoms with Gasteiger partial charge in [0.1, 0.15) is 11.6 Å². The molecule has 0 saturated carbocycles. The molecule has 2 aromatic carbocycles. The van der Waals surface area contributed by atoms with Gasteiger partial charge in [0.25, 0.3) is 0 Å². The summed E-state index contributed by atoms with van der Waals surface area (Å²) >= 11 is 20.3. The second-order valence-electron chi connectivity index (χ2n) is 4.96. The van der Waals surface area contributed by atoms with Crippen LogP contribution in [0.25, 0.3) is 0 Å². The summed E-state index contributed by atoms with van der Waals surface area (Å²) in [7, 11) is -2.06. The van der Waals surface area contributed by atoms with Gasteiger partial charge in [-0.25, -0.2) is 25.6 Å². The first-order chi connectivity index (χ1) is 13.5. The van der Waals surface area contributed by atoms with Gasteiger partial charge in [0.2, 0.25) is 19.1 Å². The highest BCUT2D eigenvalue weighted by Gasteiger charge is 2.04. The molecule has 15 heteroatoms. The Morgan fingerprint density at radius 1 is 0.903 bits per heavy atom. The number of anilines is 2. The van der Waals surface area contributed by atoms with Gasteiger partial charge < -0.3 is 5.73 Å². The Labute approximate surface area is 206 Å². The van der Waals surface area contributed by atoms with Gasteiger partial charge in [-0.15, -0.1) is 23.2 Å². The third-order valence-electron chi connectivity index (χ3n) is 2.17. The van der Waals surface area contributed by atoms with E-state index in [9.17, 15) is 25.6 Å². The molecule has 0 radical (unpaired) electrons. The predicted molar refractivity (Wildman–Crippen MR) is 130 cm³/mol. The van der Waals surface area contributed by atoms with Crippen molar-refractivity contribution in [1.29, 1.82) is 0 Å². The average molecular weight is 585 g/mol. The molecular weight excluding hydrogens is 564 g/mol. The SMILES string of the molecule is C.CS(=O)(=O)Cl.CS(=O)(=O)Nc1ccc(Cl)c(F)c1.ClCCl.Nc1ccc(Cl)c(F)c1. The van der Waals surface area contributed by atoms with E-state index in [4.69, 9.17) is 52.1 Å². The van der Waals surface area contributed by atoms with E-state index >= 15 is 0 Å². The molecule has 31 heavy (non-hydrogen) atoms. The molecule has 180 valence electrons. The lowest BCUT2D eigenvalue weighted by molar-refractivity contribution is 0.606. The third-order valence-corrected chi connectivity index (χ3v) is 3.39. The number of nitrogens with two attached hydrogens (primary N) is 1. The van der Waals surface area contributed by atoms with Gasteiger partial charge in [0.15, 0.2) is 0 Å². The fraction of sp³-hybridized carbons (Fsp3) is 0.250. The molecule has 0 amide bonds. The number of benzene rings is 2. The lowest BCUT2D eigenvalue weighted by atomic mass is 10.3. The first-order valence-electron chi connectivity index (χ1n) is 7.15. The van der Waals surface area contributed by atoms with Gasteiger partial charge >= 0.3 is 0 Å². The lowest BCUT2D eigenvalue weighted by Crippen LogP contribution is -2.09. The smallest absolute Gasteiger partial charge is 0.229 e. The van der Waals surface area contributed by atoms with Crippen LogP contribution in [-0.2, 0) is 19.1 Å². The molecule has 0 aromatic heterocycles. The minimum atomic E-state index is -3.37. The van der Waals surface area contributed by atoms with Crippen LogP contribution in [-0.4, -0.2) is 34.7 Å². The van der Waals surface area contributed by atoms with Crippen molar-refractivity contribution in [2.24, 2.45) is 0 Å². The van der Waals surface area contributed by atoms with Crippen LogP contribution in [0.3, 0.4) is 0 Å². The first-order valence-corrected chi connectivity index (χ1v) is 13.6. The van der Waals surface area contributed by atoms with Crippen LogP contribution >= 0.6 is 57.1 Å². The second-order valence-corrected chi connectivity index (χ2v) is 11.4. The number of hydrogen-bond acceptors (Lipinski definition) is 5. The summed E-state index contributed by atoms with van der Waals surface area (Å²) < 4.78 is 67.5. The molecule has 6 nitrogen and oxygen atoms in total. The van der Waals surface area contributed by atoms with E-state index in [-0.39, 0.29) is 28.5 Å². The number of alkyl halides is 2. The third kappa shape index (κ3) is 23.7. The van der Waals surface area contributed by atoms with E-state index in [1.165, 1.54) is 24.3 Å². The Morgan fingerprint density at radius 3 is 1.55 bits per heavy atom. The quantitative estimate of drug-likeness (QED) is 0.250. The van der Waals surface area contributed by atoms with Crippen LogP contribution in [0.5, 0.6) is 0 Å². The molecule has 0 spiro atoms. The molecule has 0 fully saturated rings. The Kier molecular flexibility index (Phi) is 18.9. The fourth-order valence-electron chi connectivity index (χ4n) is 1.29. The zero-order chi connectivity index (χ0) is 24.1. The number of sulfonamides is 1. The van der Waals surface area contributed by atoms with Crippen molar-refractivity contribution in [3.8, 4) is 0 Å². The van der Waals surface area contributed by atoms with Crippen LogP contribution in [0.4, 0.5) is 20.2 Å². The summed E-state index contributed by atoms with van der Waals surface area (Å²) in [6.45, 7) is 0. The normalized spacial score (nSPS) is 9.97. The van der Waals surface area contributed by atoms with Crippen molar-refractivity contribution < 1.29 is 25.6 Å². The van der Waals surface area contributed by atoms with E-state index < -0.39 is 30.7 Å². The minimum absolute atomic E-state index is 0. The highest BCUT2D eigenvalue weighted by Crippen LogP contribution is 2.19. The van der Waals surface area contributed by atoms with E-state index in [1.54, 1.807) is 6.07 Å². The van der Waals surface area contributed by atoms with Crippen LogP contribution in [0, 0.1) is 11.6 Å². The second kappa shape index (κ2) is 16.8. The Bertz CT molecular complexity index is 1000. The molecule has 0 atom stereocenters. The van der Waals surface area contributed by atoms with Crippen LogP contribution in [0.15, 0.2) is 36.4 Å². The van der Waals surface area contributed by atoms with Crippen molar-refractivity contribution >= 4 is 87.5 Å². The molecule has 0 aliphatic carbocycles. The highest BCUT2D eigenvalue weighted by atomic mass is 35.7. The average Bonchev–Trinajstić information content (AvgIpc) is 2.53. The van der Waals surface area contributed by atoms with Gasteiger partial charge in [-0.1, -0.05) is 30.6 Å². The maximum Gasteiger partial charge on any atom is 0.229 e. The Hall–Kier alpha value is -0.750. The van der Waals surface area contributed by atoms with E-state index in [0.717, 1.165) is 18.6 Å².